The number of aromatic nitrogens is 5. The van der Waals surface area contributed by atoms with Gasteiger partial charge >= 0.3 is 0 Å². The van der Waals surface area contributed by atoms with E-state index in [9.17, 15) is 13.6 Å². The van der Waals surface area contributed by atoms with E-state index in [2.05, 4.69) is 32.4 Å². The summed E-state index contributed by atoms with van der Waals surface area (Å²) in [6.07, 6.45) is 3.50. The molecule has 2 bridgehead atoms. The van der Waals surface area contributed by atoms with Crippen molar-refractivity contribution < 1.29 is 18.3 Å². The minimum atomic E-state index is -0.681. The van der Waals surface area contributed by atoms with Crippen LogP contribution in [0.2, 0.25) is 0 Å². The maximum absolute atomic E-state index is 15.0. The molecule has 172 valence electrons. The van der Waals surface area contributed by atoms with E-state index >= 15 is 0 Å². The van der Waals surface area contributed by atoms with Crippen molar-refractivity contribution in [3.05, 3.63) is 72.3 Å². The van der Waals surface area contributed by atoms with Crippen LogP contribution >= 0.6 is 0 Å². The zero-order valence-corrected chi connectivity index (χ0v) is 18.2. The first kappa shape index (κ1) is 21.6. The van der Waals surface area contributed by atoms with Gasteiger partial charge in [-0.1, -0.05) is 13.0 Å². The number of hydrogen-bond donors (Lipinski definition) is 1. The standard InChI is InChI=1S/C24H20F2N6O2/c1-14-7-8-34-20-10-18(25)16(15-5-6-21(26)27-11-15)9-17(20)24(33)30-22-4-2-3-19(29-22)23-31-28-13-32(23)12-14/h2-6,9-11,13-14H,7-8,12H2,1H3,(H,29,30,33)/t14-/m0/s1. The summed E-state index contributed by atoms with van der Waals surface area (Å²) in [5.74, 6) is -0.631. The summed E-state index contributed by atoms with van der Waals surface area (Å²) in [6.45, 7) is 2.97. The molecule has 3 aromatic heterocycles. The molecule has 1 aliphatic rings. The van der Waals surface area contributed by atoms with Crippen LogP contribution in [0.4, 0.5) is 14.6 Å². The molecule has 5 rings (SSSR count). The number of hydrogen-bond acceptors (Lipinski definition) is 6. The molecule has 4 heterocycles. The van der Waals surface area contributed by atoms with Crippen molar-refractivity contribution in [2.24, 2.45) is 5.92 Å². The van der Waals surface area contributed by atoms with Gasteiger partial charge in [-0.2, -0.15) is 4.39 Å². The largest absolute Gasteiger partial charge is 0.493 e. The monoisotopic (exact) mass is 462 g/mol. The van der Waals surface area contributed by atoms with E-state index < -0.39 is 17.7 Å². The molecule has 0 fully saturated rings. The second kappa shape index (κ2) is 8.97. The van der Waals surface area contributed by atoms with Crippen LogP contribution in [0.25, 0.3) is 22.6 Å². The fraction of sp³-hybridized carbons (Fsp3) is 0.208. The average molecular weight is 462 g/mol. The Balaban J connectivity index is 1.58. The van der Waals surface area contributed by atoms with E-state index in [-0.39, 0.29) is 29.4 Å². The molecule has 0 aliphatic carbocycles. The predicted molar refractivity (Wildman–Crippen MR) is 120 cm³/mol. The number of amides is 1. The summed E-state index contributed by atoms with van der Waals surface area (Å²) in [5, 5.41) is 10.9. The molecule has 0 radical (unpaired) electrons. The van der Waals surface area contributed by atoms with E-state index in [1.165, 1.54) is 24.4 Å². The number of fused-ring (bicyclic) bond motifs is 5. The van der Waals surface area contributed by atoms with Crippen LogP contribution in [0.5, 0.6) is 5.75 Å². The van der Waals surface area contributed by atoms with Crippen LogP contribution in [0.15, 0.2) is 55.0 Å². The van der Waals surface area contributed by atoms with Crippen LogP contribution in [0.3, 0.4) is 0 Å². The smallest absolute Gasteiger partial charge is 0.260 e. The van der Waals surface area contributed by atoms with Crippen LogP contribution in [-0.2, 0) is 6.54 Å². The molecule has 1 amide bonds. The molecule has 0 saturated carbocycles. The second-order valence-corrected chi connectivity index (χ2v) is 8.11. The highest BCUT2D eigenvalue weighted by atomic mass is 19.1. The predicted octanol–water partition coefficient (Wildman–Crippen LogP) is 4.35. The second-order valence-electron chi connectivity index (χ2n) is 8.11. The van der Waals surface area contributed by atoms with Crippen LogP contribution in [0.1, 0.15) is 23.7 Å². The molecular weight excluding hydrogens is 442 g/mol. The van der Waals surface area contributed by atoms with Gasteiger partial charge in [-0.05, 0) is 42.7 Å². The van der Waals surface area contributed by atoms with Crippen molar-refractivity contribution in [1.82, 2.24) is 24.7 Å². The zero-order chi connectivity index (χ0) is 23.7. The Hall–Kier alpha value is -4.21. The van der Waals surface area contributed by atoms with Gasteiger partial charge in [-0.3, -0.25) is 4.79 Å². The molecule has 0 unspecified atom stereocenters. The van der Waals surface area contributed by atoms with E-state index in [1.54, 1.807) is 24.5 Å². The lowest BCUT2D eigenvalue weighted by molar-refractivity contribution is 0.102. The average Bonchev–Trinajstić information content (AvgIpc) is 3.27. The molecule has 10 heteroatoms. The maximum Gasteiger partial charge on any atom is 0.260 e. The van der Waals surface area contributed by atoms with Gasteiger partial charge in [0, 0.05) is 29.9 Å². The number of ether oxygens (including phenoxy) is 1. The third-order valence-corrected chi connectivity index (χ3v) is 5.56. The summed E-state index contributed by atoms with van der Waals surface area (Å²) in [6, 6.07) is 10.3. The van der Waals surface area contributed by atoms with Crippen LogP contribution in [-0.4, -0.2) is 37.2 Å². The number of halogens is 2. The molecule has 1 N–H and O–H groups in total. The number of carbonyl (C=O) groups is 1. The van der Waals surface area contributed by atoms with Crippen molar-refractivity contribution >= 4 is 11.7 Å². The summed E-state index contributed by atoms with van der Waals surface area (Å²) < 4.78 is 36.0. The zero-order valence-electron chi connectivity index (χ0n) is 18.2. The lowest BCUT2D eigenvalue weighted by Crippen LogP contribution is -2.18. The van der Waals surface area contributed by atoms with Crippen molar-refractivity contribution in [1.29, 1.82) is 0 Å². The summed E-state index contributed by atoms with van der Waals surface area (Å²) in [4.78, 5) is 21.3. The van der Waals surface area contributed by atoms with E-state index in [4.69, 9.17) is 4.74 Å². The number of anilines is 1. The first-order chi connectivity index (χ1) is 16.5. The third-order valence-electron chi connectivity index (χ3n) is 5.56. The minimum Gasteiger partial charge on any atom is -0.493 e. The topological polar surface area (TPSA) is 94.8 Å². The van der Waals surface area contributed by atoms with Crippen molar-refractivity contribution in [3.8, 4) is 28.4 Å². The van der Waals surface area contributed by atoms with Crippen molar-refractivity contribution in [3.63, 3.8) is 0 Å². The highest BCUT2D eigenvalue weighted by molar-refractivity contribution is 6.06. The Kier molecular flexibility index (Phi) is 5.70. The summed E-state index contributed by atoms with van der Waals surface area (Å²) >= 11 is 0. The number of carbonyl (C=O) groups excluding carboxylic acids is 1. The first-order valence-electron chi connectivity index (χ1n) is 10.7. The highest BCUT2D eigenvalue weighted by Crippen LogP contribution is 2.31. The van der Waals surface area contributed by atoms with Gasteiger partial charge in [0.05, 0.1) is 12.2 Å². The molecule has 0 spiro atoms. The molecule has 1 aromatic carbocycles. The molecular formula is C24H20F2N6O2. The maximum atomic E-state index is 15.0. The van der Waals surface area contributed by atoms with Gasteiger partial charge in [0.25, 0.3) is 5.91 Å². The Labute approximate surface area is 193 Å². The van der Waals surface area contributed by atoms with Crippen LogP contribution in [0, 0.1) is 17.7 Å². The quantitative estimate of drug-likeness (QED) is 0.423. The Morgan fingerprint density at radius 1 is 1.15 bits per heavy atom. The van der Waals surface area contributed by atoms with Gasteiger partial charge in [0.2, 0.25) is 5.95 Å². The van der Waals surface area contributed by atoms with Gasteiger partial charge in [0.1, 0.15) is 29.4 Å². The third kappa shape index (κ3) is 4.34. The molecule has 1 atom stereocenters. The Morgan fingerprint density at radius 3 is 2.85 bits per heavy atom. The molecule has 8 nitrogen and oxygen atoms in total. The number of nitrogens with zero attached hydrogens (tertiary/aromatic N) is 5. The number of rotatable bonds is 1. The number of benzene rings is 1. The van der Waals surface area contributed by atoms with Gasteiger partial charge in [-0.15, -0.1) is 10.2 Å². The molecule has 1 aliphatic heterocycles. The first-order valence-corrected chi connectivity index (χ1v) is 10.7. The molecule has 34 heavy (non-hydrogen) atoms. The number of pyridine rings is 2. The van der Waals surface area contributed by atoms with E-state index in [1.807, 2.05) is 4.57 Å². The minimum absolute atomic E-state index is 0.106. The fourth-order valence-electron chi connectivity index (χ4n) is 3.80. The van der Waals surface area contributed by atoms with Crippen molar-refractivity contribution in [2.45, 2.75) is 19.9 Å². The molecule has 4 aromatic rings. The highest BCUT2D eigenvalue weighted by Gasteiger charge is 2.21. The normalized spacial score (nSPS) is 16.0. The molecule has 0 saturated heterocycles. The van der Waals surface area contributed by atoms with Gasteiger partial charge in [-0.25, -0.2) is 14.4 Å². The van der Waals surface area contributed by atoms with Crippen LogP contribution < -0.4 is 10.1 Å². The fourth-order valence-corrected chi connectivity index (χ4v) is 3.80. The Bertz CT molecular complexity index is 1360. The van der Waals surface area contributed by atoms with Gasteiger partial charge < -0.3 is 14.6 Å². The summed E-state index contributed by atoms with van der Waals surface area (Å²) in [7, 11) is 0. The SMILES string of the molecule is C[C@H]1CCOc2cc(F)c(-c3ccc(F)nc3)cc2C(=O)Nc2cccc(n2)-c2nncn2C1. The Morgan fingerprint density at radius 2 is 2.03 bits per heavy atom. The lowest BCUT2D eigenvalue weighted by atomic mass is 10.0. The van der Waals surface area contributed by atoms with E-state index in [0.29, 0.717) is 35.9 Å². The number of nitrogens with one attached hydrogen (secondary N) is 1. The lowest BCUT2D eigenvalue weighted by Gasteiger charge is -2.18. The summed E-state index contributed by atoms with van der Waals surface area (Å²) in [5.41, 5.74) is 1.13. The van der Waals surface area contributed by atoms with E-state index in [0.717, 1.165) is 6.07 Å². The van der Waals surface area contributed by atoms with Gasteiger partial charge in [0.15, 0.2) is 5.82 Å². The van der Waals surface area contributed by atoms with Crippen molar-refractivity contribution in [2.75, 3.05) is 11.9 Å².